The third-order valence-corrected chi connectivity index (χ3v) is 7.63. The molecule has 0 atom stereocenters. The molecular weight excluding hydrogens is 474 g/mol. The molecule has 0 radical (unpaired) electrons. The molecule has 0 saturated heterocycles. The van der Waals surface area contributed by atoms with Gasteiger partial charge in [-0.2, -0.15) is 0 Å². The van der Waals surface area contributed by atoms with Crippen LogP contribution in [0.4, 0.5) is 0 Å². The van der Waals surface area contributed by atoms with Crippen molar-refractivity contribution in [1.29, 1.82) is 0 Å². The van der Waals surface area contributed by atoms with Gasteiger partial charge < -0.3 is 9.47 Å². The Bertz CT molecular complexity index is 2340. The Balaban J connectivity index is 1.74. The van der Waals surface area contributed by atoms with Crippen LogP contribution in [0.15, 0.2) is 107 Å². The van der Waals surface area contributed by atoms with Gasteiger partial charge in [0.2, 0.25) is 0 Å². The second kappa shape index (κ2) is 7.43. The van der Waals surface area contributed by atoms with Gasteiger partial charge in [-0.05, 0) is 46.5 Å². The van der Waals surface area contributed by atoms with Gasteiger partial charge in [-0.15, -0.1) is 0 Å². The van der Waals surface area contributed by atoms with Crippen LogP contribution in [0, 0.1) is 0 Å². The number of hydrogen-bond donors (Lipinski definition) is 0. The van der Waals surface area contributed by atoms with Gasteiger partial charge in [-0.1, -0.05) is 60.7 Å². The Labute approximate surface area is 215 Å². The largest absolute Gasteiger partial charge is 0.497 e. The van der Waals surface area contributed by atoms with E-state index in [1.165, 1.54) is 0 Å². The number of ether oxygens (including phenoxy) is 2. The molecule has 2 aromatic heterocycles. The first-order chi connectivity index (χ1) is 18.7. The van der Waals surface area contributed by atoms with Crippen LogP contribution in [0.25, 0.3) is 59.5 Å². The van der Waals surface area contributed by atoms with Crippen LogP contribution in [-0.4, -0.2) is 11.5 Å². The van der Waals surface area contributed by atoms with Crippen LogP contribution < -0.4 is 20.5 Å². The number of methoxy groups -OCH3 is 1. The maximum atomic E-state index is 14.2. The summed E-state index contributed by atoms with van der Waals surface area (Å²) in [5.74, 6) is 1.83. The number of benzene rings is 6. The van der Waals surface area contributed by atoms with E-state index in [1.807, 2.05) is 91.0 Å². The van der Waals surface area contributed by atoms with E-state index in [9.17, 15) is 9.59 Å². The number of fused-ring (bicyclic) bond motifs is 5. The van der Waals surface area contributed by atoms with Crippen molar-refractivity contribution in [2.24, 2.45) is 0 Å². The van der Waals surface area contributed by atoms with Gasteiger partial charge in [0.25, 0.3) is 5.56 Å². The van der Waals surface area contributed by atoms with Gasteiger partial charge in [0.05, 0.1) is 23.5 Å². The zero-order valence-corrected chi connectivity index (χ0v) is 20.3. The SMILES string of the molecule is COc1ccc2c(c1)c1cccc3c(Oc4ccccc4)c4c(=O)c5ccccc5c5cc(=O)n2c(c31)c45. The molecule has 2 heterocycles. The maximum Gasteiger partial charge on any atom is 0.256 e. The van der Waals surface area contributed by atoms with Gasteiger partial charge in [-0.3, -0.25) is 14.0 Å². The van der Waals surface area contributed by atoms with Gasteiger partial charge in [0, 0.05) is 33.0 Å². The van der Waals surface area contributed by atoms with Crippen molar-refractivity contribution >= 4 is 59.5 Å². The lowest BCUT2D eigenvalue weighted by Gasteiger charge is -2.21. The molecule has 5 nitrogen and oxygen atoms in total. The molecule has 0 aliphatic carbocycles. The molecule has 0 aliphatic heterocycles. The molecule has 0 fully saturated rings. The monoisotopic (exact) mass is 493 g/mol. The van der Waals surface area contributed by atoms with E-state index in [1.54, 1.807) is 17.6 Å². The van der Waals surface area contributed by atoms with E-state index in [0.29, 0.717) is 28.0 Å². The quantitative estimate of drug-likeness (QED) is 0.195. The van der Waals surface area contributed by atoms with Crippen LogP contribution >= 0.6 is 0 Å². The molecule has 0 unspecified atom stereocenters. The predicted molar refractivity (Wildman–Crippen MR) is 153 cm³/mol. The Kier molecular flexibility index (Phi) is 4.10. The van der Waals surface area contributed by atoms with Gasteiger partial charge in [0.15, 0.2) is 5.43 Å². The average molecular weight is 494 g/mol. The molecule has 0 saturated carbocycles. The highest BCUT2D eigenvalue weighted by Crippen LogP contribution is 2.46. The summed E-state index contributed by atoms with van der Waals surface area (Å²) in [6.45, 7) is 0. The van der Waals surface area contributed by atoms with Crippen LogP contribution in [-0.2, 0) is 0 Å². The highest BCUT2D eigenvalue weighted by atomic mass is 16.5. The predicted octanol–water partition coefficient (Wildman–Crippen LogP) is 7.10. The molecule has 8 aromatic rings. The molecule has 6 aromatic carbocycles. The van der Waals surface area contributed by atoms with Crippen molar-refractivity contribution in [3.05, 3.63) is 118 Å². The van der Waals surface area contributed by atoms with Gasteiger partial charge in [-0.25, -0.2) is 0 Å². The summed E-state index contributed by atoms with van der Waals surface area (Å²) in [6.07, 6.45) is 0. The van der Waals surface area contributed by atoms with Crippen LogP contribution in [0.1, 0.15) is 0 Å². The maximum absolute atomic E-state index is 14.2. The summed E-state index contributed by atoms with van der Waals surface area (Å²) >= 11 is 0. The minimum atomic E-state index is -0.151. The molecule has 180 valence electrons. The number of rotatable bonds is 3. The number of aromatic nitrogens is 1. The number of hydrogen-bond acceptors (Lipinski definition) is 4. The lowest BCUT2D eigenvalue weighted by atomic mass is 9.90. The molecule has 5 heteroatoms. The normalized spacial score (nSPS) is 12.0. The molecular formula is C33H19NO4. The van der Waals surface area contributed by atoms with Crippen LogP contribution in [0.3, 0.4) is 0 Å². The minimum absolute atomic E-state index is 0.114. The van der Waals surface area contributed by atoms with E-state index >= 15 is 0 Å². The zero-order chi connectivity index (χ0) is 25.5. The summed E-state index contributed by atoms with van der Waals surface area (Å²) in [4.78, 5) is 28.0. The van der Waals surface area contributed by atoms with Crippen molar-refractivity contribution in [1.82, 2.24) is 4.40 Å². The van der Waals surface area contributed by atoms with E-state index < -0.39 is 0 Å². The highest BCUT2D eigenvalue weighted by Gasteiger charge is 2.25. The standard InChI is InChI=1S/C33H19NO4/c1-37-19-14-15-26-24(16-19)21-12-7-13-23-28(21)31-29-25(17-27(35)34(26)31)20-10-5-6-11-22(20)32(36)30(29)33(23)38-18-8-3-2-4-9-18/h2-17H,1H3. The summed E-state index contributed by atoms with van der Waals surface area (Å²) in [6, 6.07) is 30.3. The number of nitrogens with zero attached hydrogens (tertiary/aromatic N) is 1. The van der Waals surface area contributed by atoms with Crippen molar-refractivity contribution in [2.75, 3.05) is 7.11 Å². The fourth-order valence-electron chi connectivity index (χ4n) is 6.05. The molecule has 0 bridgehead atoms. The first-order valence-electron chi connectivity index (χ1n) is 12.4. The van der Waals surface area contributed by atoms with Crippen molar-refractivity contribution in [2.45, 2.75) is 0 Å². The lowest BCUT2D eigenvalue weighted by Crippen LogP contribution is -2.17. The van der Waals surface area contributed by atoms with Crippen LogP contribution in [0.2, 0.25) is 0 Å². The van der Waals surface area contributed by atoms with E-state index in [4.69, 9.17) is 9.47 Å². The third-order valence-electron chi connectivity index (χ3n) is 7.63. The minimum Gasteiger partial charge on any atom is -0.497 e. The summed E-state index contributed by atoms with van der Waals surface area (Å²) in [5, 5.41) is 6.80. The Morgan fingerprint density at radius 3 is 2.13 bits per heavy atom. The van der Waals surface area contributed by atoms with Crippen LogP contribution in [0.5, 0.6) is 17.2 Å². The highest BCUT2D eigenvalue weighted by molar-refractivity contribution is 6.34. The van der Waals surface area contributed by atoms with E-state index in [-0.39, 0.29) is 11.0 Å². The summed E-state index contributed by atoms with van der Waals surface area (Å²) < 4.78 is 13.8. The topological polar surface area (TPSA) is 57.0 Å². The smallest absolute Gasteiger partial charge is 0.256 e. The van der Waals surface area contributed by atoms with E-state index in [2.05, 4.69) is 0 Å². The summed E-state index contributed by atoms with van der Waals surface area (Å²) in [7, 11) is 1.63. The molecule has 38 heavy (non-hydrogen) atoms. The summed E-state index contributed by atoms with van der Waals surface area (Å²) in [5.41, 5.74) is 1.23. The number of para-hydroxylation sites is 1. The molecule has 8 rings (SSSR count). The van der Waals surface area contributed by atoms with Crippen molar-refractivity contribution < 1.29 is 9.47 Å². The zero-order valence-electron chi connectivity index (χ0n) is 20.3. The van der Waals surface area contributed by atoms with Crippen molar-refractivity contribution in [3.8, 4) is 17.2 Å². The fourth-order valence-corrected chi connectivity index (χ4v) is 6.05. The van der Waals surface area contributed by atoms with Gasteiger partial charge >= 0.3 is 0 Å². The Morgan fingerprint density at radius 1 is 0.579 bits per heavy atom. The Morgan fingerprint density at radius 2 is 1.32 bits per heavy atom. The molecule has 0 aliphatic rings. The second-order valence-electron chi connectivity index (χ2n) is 9.56. The lowest BCUT2D eigenvalue weighted by molar-refractivity contribution is 0.415. The average Bonchev–Trinajstić information content (AvgIpc) is 2.96. The van der Waals surface area contributed by atoms with E-state index in [0.717, 1.165) is 48.7 Å². The first kappa shape index (κ1) is 21.0. The second-order valence-corrected chi connectivity index (χ2v) is 9.56. The molecule has 0 N–H and O–H groups in total. The van der Waals surface area contributed by atoms with Crippen molar-refractivity contribution in [3.63, 3.8) is 0 Å². The fraction of sp³-hybridized carbons (Fsp3) is 0.0303. The number of pyridine rings is 2. The Hall–Kier alpha value is -5.16. The molecule has 0 spiro atoms. The first-order valence-corrected chi connectivity index (χ1v) is 12.4. The molecule has 0 amide bonds. The third kappa shape index (κ3) is 2.60. The van der Waals surface area contributed by atoms with Gasteiger partial charge in [0.1, 0.15) is 17.2 Å².